The first kappa shape index (κ1) is 14.4. The van der Waals surface area contributed by atoms with Crippen LogP contribution in [0.25, 0.3) is 0 Å². The predicted molar refractivity (Wildman–Crippen MR) is 81.6 cm³/mol. The number of carbonyl (C=O) groups is 1. The molecule has 20 heavy (non-hydrogen) atoms. The highest BCUT2D eigenvalue weighted by Gasteiger charge is 2.36. The largest absolute Gasteiger partial charge is 0.352 e. The van der Waals surface area contributed by atoms with Gasteiger partial charge in [-0.05, 0) is 45.1 Å². The summed E-state index contributed by atoms with van der Waals surface area (Å²) in [6, 6.07) is 1.33. The van der Waals surface area contributed by atoms with Crippen molar-refractivity contribution in [2.75, 3.05) is 6.54 Å². The second-order valence-corrected chi connectivity index (χ2v) is 7.03. The maximum atomic E-state index is 12.6. The van der Waals surface area contributed by atoms with Crippen molar-refractivity contribution in [1.82, 2.24) is 10.2 Å². The zero-order valence-electron chi connectivity index (χ0n) is 12.8. The molecular formula is C17H30N2O. The van der Waals surface area contributed by atoms with Crippen molar-refractivity contribution in [1.29, 1.82) is 0 Å². The molecule has 0 aromatic carbocycles. The number of hydrogen-bond acceptors (Lipinski definition) is 2. The Morgan fingerprint density at radius 3 is 2.15 bits per heavy atom. The van der Waals surface area contributed by atoms with Crippen LogP contribution < -0.4 is 5.32 Å². The highest BCUT2D eigenvalue weighted by molar-refractivity contribution is 5.82. The minimum atomic E-state index is 0.181. The molecule has 2 saturated carbocycles. The van der Waals surface area contributed by atoms with Gasteiger partial charge in [-0.1, -0.05) is 38.5 Å². The minimum absolute atomic E-state index is 0.181. The number of nitrogens with zero attached hydrogens (tertiary/aromatic N) is 1. The molecule has 3 aliphatic rings. The van der Waals surface area contributed by atoms with Crippen molar-refractivity contribution in [3.05, 3.63) is 0 Å². The smallest absolute Gasteiger partial charge is 0.237 e. The summed E-state index contributed by atoms with van der Waals surface area (Å²) in [6.45, 7) is 1.15. The molecule has 0 bridgehead atoms. The number of likely N-dealkylation sites (tertiary alicyclic amines) is 1. The van der Waals surface area contributed by atoms with E-state index in [1.807, 2.05) is 0 Å². The molecule has 3 fully saturated rings. The van der Waals surface area contributed by atoms with Gasteiger partial charge in [0.1, 0.15) is 0 Å². The number of amides is 1. The first-order chi connectivity index (χ1) is 9.84. The molecule has 1 N–H and O–H groups in total. The van der Waals surface area contributed by atoms with Crippen molar-refractivity contribution >= 4 is 5.91 Å². The third-order valence-corrected chi connectivity index (χ3v) is 5.59. The molecule has 1 atom stereocenters. The molecular weight excluding hydrogens is 248 g/mol. The summed E-state index contributed by atoms with van der Waals surface area (Å²) < 4.78 is 0. The van der Waals surface area contributed by atoms with E-state index >= 15 is 0 Å². The number of nitrogens with one attached hydrogen (secondary N) is 1. The summed E-state index contributed by atoms with van der Waals surface area (Å²) in [7, 11) is 0. The van der Waals surface area contributed by atoms with Crippen molar-refractivity contribution in [2.45, 2.75) is 95.2 Å². The van der Waals surface area contributed by atoms with E-state index in [-0.39, 0.29) is 6.04 Å². The number of hydrogen-bond donors (Lipinski definition) is 1. The molecule has 3 nitrogen and oxygen atoms in total. The van der Waals surface area contributed by atoms with Gasteiger partial charge in [-0.3, -0.25) is 9.69 Å². The Morgan fingerprint density at radius 1 is 0.800 bits per heavy atom. The van der Waals surface area contributed by atoms with Crippen molar-refractivity contribution in [2.24, 2.45) is 0 Å². The van der Waals surface area contributed by atoms with E-state index in [2.05, 4.69) is 10.2 Å². The predicted octanol–water partition coefficient (Wildman–Crippen LogP) is 3.23. The average molecular weight is 278 g/mol. The van der Waals surface area contributed by atoms with Crippen LogP contribution in [-0.4, -0.2) is 35.5 Å². The van der Waals surface area contributed by atoms with Gasteiger partial charge >= 0.3 is 0 Å². The molecule has 3 heteroatoms. The summed E-state index contributed by atoms with van der Waals surface area (Å²) in [5.41, 5.74) is 0. The van der Waals surface area contributed by atoms with Gasteiger partial charge in [0.2, 0.25) is 5.91 Å². The SMILES string of the molecule is O=C(NC1CCCCC1)C1CCCN1C1CCCCC1. The zero-order valence-corrected chi connectivity index (χ0v) is 12.8. The van der Waals surface area contributed by atoms with Crippen molar-refractivity contribution < 1.29 is 4.79 Å². The fourth-order valence-corrected chi connectivity index (χ4v) is 4.46. The molecule has 1 unspecified atom stereocenters. The van der Waals surface area contributed by atoms with Crippen LogP contribution in [0.3, 0.4) is 0 Å². The quantitative estimate of drug-likeness (QED) is 0.859. The Bertz CT molecular complexity index is 319. The maximum Gasteiger partial charge on any atom is 0.237 e. The van der Waals surface area contributed by atoms with E-state index in [9.17, 15) is 4.79 Å². The minimum Gasteiger partial charge on any atom is -0.352 e. The summed E-state index contributed by atoms with van der Waals surface area (Å²) in [5, 5.41) is 3.35. The summed E-state index contributed by atoms with van der Waals surface area (Å²) >= 11 is 0. The molecule has 2 aliphatic carbocycles. The van der Waals surface area contributed by atoms with E-state index in [1.54, 1.807) is 0 Å². The molecule has 0 aromatic heterocycles. The molecule has 0 spiro atoms. The Labute approximate surface area is 123 Å². The lowest BCUT2D eigenvalue weighted by molar-refractivity contribution is -0.127. The van der Waals surface area contributed by atoms with Crippen molar-refractivity contribution in [3.63, 3.8) is 0 Å². The fourth-order valence-electron chi connectivity index (χ4n) is 4.46. The Morgan fingerprint density at radius 2 is 1.45 bits per heavy atom. The van der Waals surface area contributed by atoms with Crippen LogP contribution in [0.2, 0.25) is 0 Å². The van der Waals surface area contributed by atoms with Crippen LogP contribution in [0.5, 0.6) is 0 Å². The molecule has 0 radical (unpaired) electrons. The first-order valence-corrected chi connectivity index (χ1v) is 8.91. The van der Waals surface area contributed by atoms with Gasteiger partial charge in [0, 0.05) is 12.1 Å². The third-order valence-electron chi connectivity index (χ3n) is 5.59. The topological polar surface area (TPSA) is 32.3 Å². The lowest BCUT2D eigenvalue weighted by Crippen LogP contribution is -2.50. The van der Waals surface area contributed by atoms with E-state index in [4.69, 9.17) is 0 Å². The summed E-state index contributed by atoms with van der Waals surface area (Å²) in [6.07, 6.45) is 15.4. The standard InChI is InChI=1S/C17H30N2O/c20-17(18-14-8-3-1-4-9-14)16-12-7-13-19(16)15-10-5-2-6-11-15/h14-16H,1-13H2,(H,18,20). The summed E-state index contributed by atoms with van der Waals surface area (Å²) in [4.78, 5) is 15.2. The maximum absolute atomic E-state index is 12.6. The van der Waals surface area contributed by atoms with Gasteiger partial charge in [-0.25, -0.2) is 0 Å². The summed E-state index contributed by atoms with van der Waals surface area (Å²) in [5.74, 6) is 0.333. The van der Waals surface area contributed by atoms with E-state index in [1.165, 1.54) is 70.6 Å². The van der Waals surface area contributed by atoms with E-state index < -0.39 is 0 Å². The Hall–Kier alpha value is -0.570. The molecule has 0 aromatic rings. The van der Waals surface area contributed by atoms with Gasteiger partial charge in [0.15, 0.2) is 0 Å². The normalized spacial score (nSPS) is 30.5. The molecule has 3 rings (SSSR count). The number of rotatable bonds is 3. The number of carbonyl (C=O) groups excluding carboxylic acids is 1. The van der Waals surface area contributed by atoms with E-state index in [0.717, 1.165) is 13.0 Å². The van der Waals surface area contributed by atoms with Crippen LogP contribution >= 0.6 is 0 Å². The van der Waals surface area contributed by atoms with Crippen molar-refractivity contribution in [3.8, 4) is 0 Å². The van der Waals surface area contributed by atoms with Gasteiger partial charge in [-0.2, -0.15) is 0 Å². The third kappa shape index (κ3) is 3.36. The molecule has 1 amide bonds. The van der Waals surface area contributed by atoms with Gasteiger partial charge < -0.3 is 5.32 Å². The Balaban J connectivity index is 1.55. The highest BCUT2D eigenvalue weighted by atomic mass is 16.2. The lowest BCUT2D eigenvalue weighted by atomic mass is 9.93. The van der Waals surface area contributed by atoms with Crippen LogP contribution in [0.4, 0.5) is 0 Å². The second-order valence-electron chi connectivity index (χ2n) is 7.03. The molecule has 1 heterocycles. The first-order valence-electron chi connectivity index (χ1n) is 8.91. The lowest BCUT2D eigenvalue weighted by Gasteiger charge is -2.35. The zero-order chi connectivity index (χ0) is 13.8. The molecule has 114 valence electrons. The fraction of sp³-hybridized carbons (Fsp3) is 0.941. The second kappa shape index (κ2) is 6.93. The van der Waals surface area contributed by atoms with Gasteiger partial charge in [-0.15, -0.1) is 0 Å². The van der Waals surface area contributed by atoms with E-state index in [0.29, 0.717) is 18.0 Å². The Kier molecular flexibility index (Phi) is 4.98. The van der Waals surface area contributed by atoms with Crippen LogP contribution in [0.15, 0.2) is 0 Å². The molecule has 1 saturated heterocycles. The van der Waals surface area contributed by atoms with Crippen LogP contribution in [-0.2, 0) is 4.79 Å². The van der Waals surface area contributed by atoms with Gasteiger partial charge in [0.05, 0.1) is 6.04 Å². The highest BCUT2D eigenvalue weighted by Crippen LogP contribution is 2.29. The van der Waals surface area contributed by atoms with Gasteiger partial charge in [0.25, 0.3) is 0 Å². The van der Waals surface area contributed by atoms with Crippen LogP contribution in [0, 0.1) is 0 Å². The average Bonchev–Trinajstić information content (AvgIpc) is 2.99. The molecule has 1 aliphatic heterocycles. The monoisotopic (exact) mass is 278 g/mol. The van der Waals surface area contributed by atoms with Crippen LogP contribution in [0.1, 0.15) is 77.0 Å².